The molecular formula is C28H27BN2O4. The Balaban J connectivity index is 1.28. The maximum absolute atomic E-state index is 12.6. The number of nitriles is 1. The average Bonchev–Trinajstić information content (AvgIpc) is 3.27. The Hall–Kier alpha value is -3.60. The van der Waals surface area contributed by atoms with Crippen molar-refractivity contribution in [2.45, 2.75) is 44.8 Å². The summed E-state index contributed by atoms with van der Waals surface area (Å²) in [6, 6.07) is 23.7. The first-order valence-electron chi connectivity index (χ1n) is 11.7. The van der Waals surface area contributed by atoms with Crippen molar-refractivity contribution in [2.24, 2.45) is 0 Å². The number of hydrogen-bond acceptors (Lipinski definition) is 5. The van der Waals surface area contributed by atoms with Gasteiger partial charge in [0.25, 0.3) is 0 Å². The van der Waals surface area contributed by atoms with Gasteiger partial charge < -0.3 is 14.0 Å². The zero-order valence-electron chi connectivity index (χ0n) is 20.3. The normalized spacial score (nSPS) is 17.4. The van der Waals surface area contributed by atoms with Gasteiger partial charge in [0.1, 0.15) is 6.61 Å². The van der Waals surface area contributed by atoms with E-state index < -0.39 is 24.4 Å². The minimum atomic E-state index is -0.654. The Morgan fingerprint density at radius 2 is 1.54 bits per heavy atom. The molecule has 0 radical (unpaired) electrons. The van der Waals surface area contributed by atoms with Gasteiger partial charge in [-0.3, -0.25) is 5.32 Å². The fourth-order valence-electron chi connectivity index (χ4n) is 4.66. The van der Waals surface area contributed by atoms with Gasteiger partial charge in [-0.1, -0.05) is 54.6 Å². The largest absolute Gasteiger partial charge is 0.496 e. The number of carbonyl (C=O) groups is 1. The molecule has 5 rings (SSSR count). The van der Waals surface area contributed by atoms with Crippen LogP contribution in [0.5, 0.6) is 0 Å². The molecule has 0 atom stereocenters. The topological polar surface area (TPSA) is 80.6 Å². The smallest absolute Gasteiger partial charge is 0.448 e. The third-order valence-electron chi connectivity index (χ3n) is 7.27. The van der Waals surface area contributed by atoms with Crippen LogP contribution in [-0.4, -0.2) is 31.0 Å². The SMILES string of the molecule is CC1(C)OB(c2ccc(NC(=O)OCC3c4ccccc4-c4ccccc43)cc2C#N)OC1(C)C. The van der Waals surface area contributed by atoms with Crippen LogP contribution in [0.15, 0.2) is 66.7 Å². The lowest BCUT2D eigenvalue weighted by molar-refractivity contribution is 0.00578. The molecule has 1 amide bonds. The molecule has 3 aromatic carbocycles. The lowest BCUT2D eigenvalue weighted by atomic mass is 9.76. The summed E-state index contributed by atoms with van der Waals surface area (Å²) in [6.07, 6.45) is -0.570. The third kappa shape index (κ3) is 4.09. The molecule has 1 aliphatic carbocycles. The van der Waals surface area contributed by atoms with Crippen molar-refractivity contribution < 1.29 is 18.8 Å². The number of amides is 1. The number of ether oxygens (including phenoxy) is 1. The van der Waals surface area contributed by atoms with Crippen molar-refractivity contribution >= 4 is 24.4 Å². The van der Waals surface area contributed by atoms with E-state index in [9.17, 15) is 10.1 Å². The van der Waals surface area contributed by atoms with Crippen molar-refractivity contribution in [3.8, 4) is 17.2 Å². The molecule has 176 valence electrons. The molecule has 1 N–H and O–H groups in total. The standard InChI is InChI=1S/C28H27BN2O4/c1-27(2)28(3,4)35-29(34-27)25-14-13-19(15-18(25)16-30)31-26(32)33-17-24-22-11-7-5-9-20(22)21-10-6-8-12-23(21)24/h5-15,24H,17H2,1-4H3,(H,31,32). The van der Waals surface area contributed by atoms with Crippen molar-refractivity contribution in [2.75, 3.05) is 11.9 Å². The number of fused-ring (bicyclic) bond motifs is 3. The number of anilines is 1. The molecule has 7 heteroatoms. The quantitative estimate of drug-likeness (QED) is 0.534. The highest BCUT2D eigenvalue weighted by atomic mass is 16.7. The molecule has 0 spiro atoms. The molecule has 1 aliphatic heterocycles. The van der Waals surface area contributed by atoms with E-state index in [-0.39, 0.29) is 12.5 Å². The van der Waals surface area contributed by atoms with E-state index in [2.05, 4.69) is 35.7 Å². The van der Waals surface area contributed by atoms with Gasteiger partial charge in [0.2, 0.25) is 0 Å². The van der Waals surface area contributed by atoms with Gasteiger partial charge in [-0.2, -0.15) is 5.26 Å². The average molecular weight is 466 g/mol. The van der Waals surface area contributed by atoms with Crippen LogP contribution in [0.2, 0.25) is 0 Å². The molecule has 0 unspecified atom stereocenters. The first-order valence-corrected chi connectivity index (χ1v) is 11.7. The van der Waals surface area contributed by atoms with E-state index >= 15 is 0 Å². The maximum atomic E-state index is 12.6. The van der Waals surface area contributed by atoms with Gasteiger partial charge in [-0.15, -0.1) is 0 Å². The monoisotopic (exact) mass is 466 g/mol. The summed E-state index contributed by atoms with van der Waals surface area (Å²) in [5, 5.41) is 12.5. The van der Waals surface area contributed by atoms with Gasteiger partial charge in [-0.05, 0) is 62.1 Å². The molecule has 0 saturated carbocycles. The fraction of sp³-hybridized carbons (Fsp3) is 0.286. The first kappa shape index (κ1) is 23.2. The van der Waals surface area contributed by atoms with Gasteiger partial charge in [0.05, 0.1) is 22.8 Å². The Morgan fingerprint density at radius 1 is 0.971 bits per heavy atom. The predicted molar refractivity (Wildman–Crippen MR) is 136 cm³/mol. The summed E-state index contributed by atoms with van der Waals surface area (Å²) in [5.74, 6) is -0.0198. The van der Waals surface area contributed by atoms with Crippen molar-refractivity contribution in [1.82, 2.24) is 0 Å². The maximum Gasteiger partial charge on any atom is 0.496 e. The highest BCUT2D eigenvalue weighted by molar-refractivity contribution is 6.62. The van der Waals surface area contributed by atoms with Crippen LogP contribution in [0.1, 0.15) is 50.3 Å². The van der Waals surface area contributed by atoms with E-state index in [0.29, 0.717) is 16.7 Å². The molecule has 1 saturated heterocycles. The molecule has 6 nitrogen and oxygen atoms in total. The number of hydrogen-bond donors (Lipinski definition) is 1. The van der Waals surface area contributed by atoms with E-state index in [1.807, 2.05) is 52.0 Å². The fourth-order valence-corrected chi connectivity index (χ4v) is 4.66. The van der Waals surface area contributed by atoms with Crippen molar-refractivity contribution in [3.63, 3.8) is 0 Å². The van der Waals surface area contributed by atoms with Crippen LogP contribution in [0, 0.1) is 11.3 Å². The molecular weight excluding hydrogens is 439 g/mol. The summed E-state index contributed by atoms with van der Waals surface area (Å²) in [4.78, 5) is 12.6. The Labute approximate surface area is 206 Å². The second-order valence-electron chi connectivity index (χ2n) is 9.95. The van der Waals surface area contributed by atoms with Crippen LogP contribution >= 0.6 is 0 Å². The van der Waals surface area contributed by atoms with E-state index in [0.717, 1.165) is 11.1 Å². The van der Waals surface area contributed by atoms with E-state index in [1.165, 1.54) is 11.1 Å². The Bertz CT molecular complexity index is 1280. The third-order valence-corrected chi connectivity index (χ3v) is 7.27. The number of rotatable bonds is 4. The van der Waals surface area contributed by atoms with Crippen LogP contribution in [0.4, 0.5) is 10.5 Å². The summed E-state index contributed by atoms with van der Waals surface area (Å²) in [7, 11) is -0.654. The van der Waals surface area contributed by atoms with Crippen LogP contribution in [-0.2, 0) is 14.0 Å². The molecule has 0 bridgehead atoms. The van der Waals surface area contributed by atoms with E-state index in [1.54, 1.807) is 18.2 Å². The second kappa shape index (κ2) is 8.56. The van der Waals surface area contributed by atoms with Gasteiger partial charge in [-0.25, -0.2) is 4.79 Å². The predicted octanol–water partition coefficient (Wildman–Crippen LogP) is 5.22. The van der Waals surface area contributed by atoms with Crippen molar-refractivity contribution in [1.29, 1.82) is 5.26 Å². The van der Waals surface area contributed by atoms with Gasteiger partial charge in [0, 0.05) is 17.1 Å². The Kier molecular flexibility index (Phi) is 5.67. The molecule has 3 aromatic rings. The van der Waals surface area contributed by atoms with Crippen LogP contribution in [0.25, 0.3) is 11.1 Å². The number of nitrogens with one attached hydrogen (secondary N) is 1. The molecule has 1 heterocycles. The summed E-state index contributed by atoms with van der Waals surface area (Å²) in [5.41, 5.74) is 5.11. The lowest BCUT2D eigenvalue weighted by Crippen LogP contribution is -2.41. The van der Waals surface area contributed by atoms with Gasteiger partial charge >= 0.3 is 13.2 Å². The molecule has 35 heavy (non-hydrogen) atoms. The second-order valence-corrected chi connectivity index (χ2v) is 9.95. The molecule has 0 aromatic heterocycles. The first-order chi connectivity index (χ1) is 16.7. The lowest BCUT2D eigenvalue weighted by Gasteiger charge is -2.32. The minimum Gasteiger partial charge on any atom is -0.448 e. The van der Waals surface area contributed by atoms with Crippen LogP contribution in [0.3, 0.4) is 0 Å². The van der Waals surface area contributed by atoms with E-state index in [4.69, 9.17) is 14.0 Å². The molecule has 2 aliphatic rings. The zero-order chi connectivity index (χ0) is 24.8. The Morgan fingerprint density at radius 3 is 2.11 bits per heavy atom. The van der Waals surface area contributed by atoms with Crippen molar-refractivity contribution in [3.05, 3.63) is 83.4 Å². The number of carbonyl (C=O) groups excluding carboxylic acids is 1. The highest BCUT2D eigenvalue weighted by Gasteiger charge is 2.52. The highest BCUT2D eigenvalue weighted by Crippen LogP contribution is 2.44. The minimum absolute atomic E-state index is 0.0198. The number of benzene rings is 3. The summed E-state index contributed by atoms with van der Waals surface area (Å²) in [6.45, 7) is 8.08. The summed E-state index contributed by atoms with van der Waals surface area (Å²) >= 11 is 0. The van der Waals surface area contributed by atoms with Crippen LogP contribution < -0.4 is 10.8 Å². The zero-order valence-corrected chi connectivity index (χ0v) is 20.3. The molecule has 1 fully saturated rings. The van der Waals surface area contributed by atoms with Gasteiger partial charge in [0.15, 0.2) is 0 Å². The summed E-state index contributed by atoms with van der Waals surface area (Å²) < 4.78 is 17.8. The number of nitrogens with zero attached hydrogens (tertiary/aromatic N) is 1.